The molecule has 6 heteroatoms. The molecule has 4 aromatic rings. The molecule has 0 radical (unpaired) electrons. The number of benzene rings is 3. The summed E-state index contributed by atoms with van der Waals surface area (Å²) in [6.45, 7) is 4.60. The van der Waals surface area contributed by atoms with Gasteiger partial charge in [-0.2, -0.15) is 0 Å². The highest BCUT2D eigenvalue weighted by molar-refractivity contribution is 6.36. The number of carbonyl (C=O) groups excluding carboxylic acids is 1. The monoisotopic (exact) mass is 451 g/mol. The number of para-hydroxylation sites is 2. The summed E-state index contributed by atoms with van der Waals surface area (Å²) in [5.74, 6) is 0.759. The van der Waals surface area contributed by atoms with E-state index in [2.05, 4.69) is 23.7 Å². The fraction of sp³-hybridized carbons (Fsp3) is 0.200. The molecule has 31 heavy (non-hydrogen) atoms. The van der Waals surface area contributed by atoms with Crippen LogP contribution in [-0.4, -0.2) is 15.5 Å². The molecule has 0 unspecified atom stereocenters. The second kappa shape index (κ2) is 9.13. The van der Waals surface area contributed by atoms with E-state index in [0.29, 0.717) is 22.2 Å². The van der Waals surface area contributed by atoms with Crippen molar-refractivity contribution in [3.05, 3.63) is 99.8 Å². The van der Waals surface area contributed by atoms with E-state index < -0.39 is 0 Å². The first-order valence-electron chi connectivity index (χ1n) is 10.2. The molecule has 1 N–H and O–H groups in total. The van der Waals surface area contributed by atoms with E-state index in [1.807, 2.05) is 60.7 Å². The van der Waals surface area contributed by atoms with Gasteiger partial charge in [-0.05, 0) is 42.3 Å². The summed E-state index contributed by atoms with van der Waals surface area (Å²) in [6.07, 6.45) is 0. The van der Waals surface area contributed by atoms with Crippen molar-refractivity contribution >= 4 is 40.1 Å². The Balaban J connectivity index is 1.79. The molecule has 0 saturated heterocycles. The number of hydrogen-bond acceptors (Lipinski definition) is 2. The van der Waals surface area contributed by atoms with E-state index in [-0.39, 0.29) is 17.9 Å². The summed E-state index contributed by atoms with van der Waals surface area (Å²) in [5.41, 5.74) is 3.27. The largest absolute Gasteiger partial charge is 0.342 e. The predicted molar refractivity (Wildman–Crippen MR) is 127 cm³/mol. The van der Waals surface area contributed by atoms with Gasteiger partial charge in [0.15, 0.2) is 0 Å². The third-order valence-corrected chi connectivity index (χ3v) is 6.04. The summed E-state index contributed by atoms with van der Waals surface area (Å²) in [6, 6.07) is 22.3. The number of fused-ring (bicyclic) bond motifs is 1. The lowest BCUT2D eigenvalue weighted by Crippen LogP contribution is -2.33. The molecule has 4 nitrogen and oxygen atoms in total. The van der Waals surface area contributed by atoms with Crippen molar-refractivity contribution in [2.75, 3.05) is 0 Å². The normalized spacial score (nSPS) is 12.3. The molecule has 1 amide bonds. The van der Waals surface area contributed by atoms with Gasteiger partial charge in [-0.15, -0.1) is 0 Å². The number of carbonyl (C=O) groups is 1. The van der Waals surface area contributed by atoms with Crippen molar-refractivity contribution in [1.82, 2.24) is 14.9 Å². The third kappa shape index (κ3) is 4.46. The van der Waals surface area contributed by atoms with E-state index in [1.165, 1.54) is 0 Å². The topological polar surface area (TPSA) is 46.9 Å². The van der Waals surface area contributed by atoms with Crippen molar-refractivity contribution in [2.24, 2.45) is 5.92 Å². The average Bonchev–Trinajstić information content (AvgIpc) is 3.13. The number of halogens is 2. The number of rotatable bonds is 6. The fourth-order valence-corrected chi connectivity index (χ4v) is 4.20. The van der Waals surface area contributed by atoms with Crippen LogP contribution in [0.25, 0.3) is 11.0 Å². The first-order chi connectivity index (χ1) is 15.0. The maximum atomic E-state index is 12.9. The molecule has 3 aromatic carbocycles. The van der Waals surface area contributed by atoms with Crippen molar-refractivity contribution < 1.29 is 4.79 Å². The molecule has 0 aliphatic carbocycles. The van der Waals surface area contributed by atoms with Crippen molar-refractivity contribution in [3.63, 3.8) is 0 Å². The molecule has 0 aliphatic rings. The standard InChI is InChI=1S/C25H23Cl2N3O/c1-16(2)23(29-25(31)17-9-4-3-5-10-17)24-28-21-13-6-7-14-22(21)30(24)15-18-19(26)11-8-12-20(18)27/h3-14,16,23H,15H2,1-2H3,(H,29,31)/t23-/m0/s1. The number of hydrogen-bond donors (Lipinski definition) is 1. The van der Waals surface area contributed by atoms with E-state index in [0.717, 1.165) is 22.4 Å². The highest BCUT2D eigenvalue weighted by atomic mass is 35.5. The Labute approximate surface area is 191 Å². The van der Waals surface area contributed by atoms with Crippen molar-refractivity contribution in [2.45, 2.75) is 26.4 Å². The van der Waals surface area contributed by atoms with Crippen LogP contribution < -0.4 is 5.32 Å². The predicted octanol–water partition coefficient (Wildman–Crippen LogP) is 6.52. The summed E-state index contributed by atoms with van der Waals surface area (Å²) in [5, 5.41) is 4.38. The van der Waals surface area contributed by atoms with Gasteiger partial charge in [0.05, 0.1) is 23.6 Å². The zero-order valence-corrected chi connectivity index (χ0v) is 18.9. The zero-order valence-electron chi connectivity index (χ0n) is 17.3. The Morgan fingerprint density at radius 3 is 2.26 bits per heavy atom. The van der Waals surface area contributed by atoms with E-state index >= 15 is 0 Å². The van der Waals surface area contributed by atoms with E-state index in [9.17, 15) is 4.79 Å². The number of nitrogens with one attached hydrogen (secondary N) is 1. The van der Waals surface area contributed by atoms with Gasteiger partial charge in [-0.25, -0.2) is 4.98 Å². The van der Waals surface area contributed by atoms with Crippen LogP contribution >= 0.6 is 23.2 Å². The Hall–Kier alpha value is -2.82. The molecule has 0 fully saturated rings. The van der Waals surface area contributed by atoms with Crippen LogP contribution in [0.3, 0.4) is 0 Å². The van der Waals surface area contributed by atoms with E-state index in [1.54, 1.807) is 12.1 Å². The van der Waals surface area contributed by atoms with Crippen LogP contribution in [0.1, 0.15) is 41.6 Å². The van der Waals surface area contributed by atoms with Crippen LogP contribution in [0.2, 0.25) is 10.0 Å². The minimum Gasteiger partial charge on any atom is -0.342 e. The minimum atomic E-state index is -0.290. The van der Waals surface area contributed by atoms with Gasteiger partial charge in [0.25, 0.3) is 5.91 Å². The molecular formula is C25H23Cl2N3O. The number of amides is 1. The number of aromatic nitrogens is 2. The van der Waals surface area contributed by atoms with Gasteiger partial charge < -0.3 is 9.88 Å². The fourth-order valence-electron chi connectivity index (χ4n) is 3.68. The summed E-state index contributed by atoms with van der Waals surface area (Å²) < 4.78 is 2.10. The second-order valence-corrected chi connectivity index (χ2v) is 8.62. The van der Waals surface area contributed by atoms with Gasteiger partial charge in [0, 0.05) is 21.2 Å². The Morgan fingerprint density at radius 1 is 0.935 bits per heavy atom. The Morgan fingerprint density at radius 2 is 1.58 bits per heavy atom. The van der Waals surface area contributed by atoms with Gasteiger partial charge in [-0.1, -0.05) is 73.4 Å². The first-order valence-corrected chi connectivity index (χ1v) is 10.9. The number of nitrogens with zero attached hydrogens (tertiary/aromatic N) is 2. The lowest BCUT2D eigenvalue weighted by Gasteiger charge is -2.24. The number of imidazole rings is 1. The van der Waals surface area contributed by atoms with Gasteiger partial charge in [0.2, 0.25) is 0 Å². The lowest BCUT2D eigenvalue weighted by molar-refractivity contribution is 0.0922. The summed E-state index contributed by atoms with van der Waals surface area (Å²) >= 11 is 12.9. The van der Waals surface area contributed by atoms with Crippen LogP contribution in [0.4, 0.5) is 0 Å². The molecule has 0 bridgehead atoms. The molecule has 1 heterocycles. The SMILES string of the molecule is CC(C)[C@H](NC(=O)c1ccccc1)c1nc2ccccc2n1Cc1c(Cl)cccc1Cl. The van der Waals surface area contributed by atoms with Gasteiger partial charge in [-0.3, -0.25) is 4.79 Å². The highest BCUT2D eigenvalue weighted by Crippen LogP contribution is 2.31. The Kier molecular flexibility index (Phi) is 6.30. The quantitative estimate of drug-likeness (QED) is 0.362. The molecular weight excluding hydrogens is 429 g/mol. The first kappa shape index (κ1) is 21.4. The molecule has 0 spiro atoms. The second-order valence-electron chi connectivity index (χ2n) is 7.81. The maximum absolute atomic E-state index is 12.9. The van der Waals surface area contributed by atoms with Crippen molar-refractivity contribution in [1.29, 1.82) is 0 Å². The molecule has 1 atom stereocenters. The highest BCUT2D eigenvalue weighted by Gasteiger charge is 2.26. The van der Waals surface area contributed by atoms with Gasteiger partial charge >= 0.3 is 0 Å². The van der Waals surface area contributed by atoms with Crippen LogP contribution in [-0.2, 0) is 6.54 Å². The molecule has 4 rings (SSSR count). The molecule has 0 saturated carbocycles. The Bertz CT molecular complexity index is 1200. The molecule has 158 valence electrons. The molecule has 1 aromatic heterocycles. The zero-order chi connectivity index (χ0) is 22.0. The van der Waals surface area contributed by atoms with E-state index in [4.69, 9.17) is 28.2 Å². The smallest absolute Gasteiger partial charge is 0.251 e. The minimum absolute atomic E-state index is 0.116. The average molecular weight is 452 g/mol. The van der Waals surface area contributed by atoms with Crippen LogP contribution in [0.15, 0.2) is 72.8 Å². The lowest BCUT2D eigenvalue weighted by atomic mass is 10.0. The maximum Gasteiger partial charge on any atom is 0.251 e. The summed E-state index contributed by atoms with van der Waals surface area (Å²) in [7, 11) is 0. The van der Waals surface area contributed by atoms with Crippen LogP contribution in [0.5, 0.6) is 0 Å². The third-order valence-electron chi connectivity index (χ3n) is 5.33. The van der Waals surface area contributed by atoms with Crippen LogP contribution in [0, 0.1) is 5.92 Å². The van der Waals surface area contributed by atoms with Gasteiger partial charge in [0.1, 0.15) is 5.82 Å². The molecule has 0 aliphatic heterocycles. The van der Waals surface area contributed by atoms with Crippen molar-refractivity contribution in [3.8, 4) is 0 Å². The summed E-state index contributed by atoms with van der Waals surface area (Å²) in [4.78, 5) is 17.8.